The molecule has 2 aliphatic heterocycles. The highest BCUT2D eigenvalue weighted by atomic mass is 19.4. The van der Waals surface area contributed by atoms with Crippen molar-refractivity contribution in [3.05, 3.63) is 41.9 Å². The zero-order valence-electron chi connectivity index (χ0n) is 19.5. The first-order chi connectivity index (χ1) is 16.7. The van der Waals surface area contributed by atoms with Gasteiger partial charge in [0.05, 0.1) is 13.2 Å². The first kappa shape index (κ1) is 23.3. The second-order valence-electron chi connectivity index (χ2n) is 9.02. The minimum atomic E-state index is -4.24. The second-order valence-corrected chi connectivity index (χ2v) is 9.02. The molecule has 9 nitrogen and oxygen atoms in total. The van der Waals surface area contributed by atoms with Crippen molar-refractivity contribution < 1.29 is 22.7 Å². The number of piperazine rings is 1. The molecule has 1 fully saturated rings. The molecule has 186 valence electrons. The van der Waals surface area contributed by atoms with Gasteiger partial charge in [-0.2, -0.15) is 23.4 Å². The summed E-state index contributed by atoms with van der Waals surface area (Å²) in [5, 5.41) is 9.06. The average Bonchev–Trinajstić information content (AvgIpc) is 3.42. The third kappa shape index (κ3) is 4.75. The lowest BCUT2D eigenvalue weighted by Gasteiger charge is -2.35. The van der Waals surface area contributed by atoms with E-state index in [1.54, 1.807) is 32.5 Å². The number of amides is 1. The number of alkyl halides is 3. The van der Waals surface area contributed by atoms with Crippen molar-refractivity contribution in [3.63, 3.8) is 0 Å². The van der Waals surface area contributed by atoms with Crippen molar-refractivity contribution in [2.24, 2.45) is 0 Å². The van der Waals surface area contributed by atoms with Gasteiger partial charge in [0, 0.05) is 49.9 Å². The zero-order valence-corrected chi connectivity index (χ0v) is 19.5. The van der Waals surface area contributed by atoms with Crippen molar-refractivity contribution in [2.45, 2.75) is 32.5 Å². The minimum absolute atomic E-state index is 0.116. The highest BCUT2D eigenvalue weighted by molar-refractivity contribution is 5.95. The zero-order chi connectivity index (χ0) is 24.7. The largest absolute Gasteiger partial charge is 0.491 e. The van der Waals surface area contributed by atoms with Gasteiger partial charge in [-0.1, -0.05) is 0 Å². The van der Waals surface area contributed by atoms with Gasteiger partial charge in [0.2, 0.25) is 0 Å². The number of aromatic nitrogens is 5. The molecular weight excluding hydrogens is 463 g/mol. The fourth-order valence-corrected chi connectivity index (χ4v) is 4.48. The normalized spacial score (nSPS) is 16.6. The predicted molar refractivity (Wildman–Crippen MR) is 121 cm³/mol. The Morgan fingerprint density at radius 2 is 1.91 bits per heavy atom. The molecule has 1 aromatic carbocycles. The van der Waals surface area contributed by atoms with Crippen LogP contribution in [0.2, 0.25) is 0 Å². The molecule has 0 aliphatic carbocycles. The van der Waals surface area contributed by atoms with Crippen LogP contribution in [0.3, 0.4) is 0 Å². The van der Waals surface area contributed by atoms with E-state index in [2.05, 4.69) is 10.1 Å². The molecule has 1 amide bonds. The van der Waals surface area contributed by atoms with E-state index < -0.39 is 12.7 Å². The van der Waals surface area contributed by atoms with E-state index in [1.165, 1.54) is 11.2 Å². The summed E-state index contributed by atoms with van der Waals surface area (Å²) in [5.41, 5.74) is 2.67. The summed E-state index contributed by atoms with van der Waals surface area (Å²) in [5.74, 6) is 1.04. The minimum Gasteiger partial charge on any atom is -0.491 e. The summed E-state index contributed by atoms with van der Waals surface area (Å²) in [4.78, 5) is 20.5. The second kappa shape index (κ2) is 8.99. The van der Waals surface area contributed by atoms with E-state index >= 15 is 0 Å². The molecule has 0 spiro atoms. The van der Waals surface area contributed by atoms with Gasteiger partial charge in [-0.25, -0.2) is 14.3 Å². The topological polar surface area (TPSA) is 81.3 Å². The number of rotatable bonds is 4. The van der Waals surface area contributed by atoms with E-state index in [1.807, 2.05) is 19.9 Å². The maximum Gasteiger partial charge on any atom is 0.401 e. The van der Waals surface area contributed by atoms with E-state index in [4.69, 9.17) is 9.84 Å². The van der Waals surface area contributed by atoms with E-state index in [-0.39, 0.29) is 38.1 Å². The molecule has 12 heteroatoms. The highest BCUT2D eigenvalue weighted by Gasteiger charge is 2.33. The Morgan fingerprint density at radius 3 is 2.63 bits per heavy atom. The monoisotopic (exact) mass is 489 g/mol. The molecule has 5 rings (SSSR count). The van der Waals surface area contributed by atoms with Crippen molar-refractivity contribution in [1.82, 2.24) is 34.3 Å². The predicted octanol–water partition coefficient (Wildman–Crippen LogP) is 2.97. The fourth-order valence-electron chi connectivity index (χ4n) is 4.48. The molecule has 0 saturated carbocycles. The van der Waals surface area contributed by atoms with E-state index in [0.717, 1.165) is 5.69 Å². The Bertz CT molecular complexity index is 1230. The molecule has 3 aromatic rings. The number of halogens is 3. The van der Waals surface area contributed by atoms with E-state index in [9.17, 15) is 18.0 Å². The van der Waals surface area contributed by atoms with Gasteiger partial charge < -0.3 is 9.64 Å². The van der Waals surface area contributed by atoms with Gasteiger partial charge in [-0.3, -0.25) is 9.69 Å². The van der Waals surface area contributed by atoms with Crippen molar-refractivity contribution in [2.75, 3.05) is 39.3 Å². The van der Waals surface area contributed by atoms with E-state index in [0.29, 0.717) is 41.5 Å². The smallest absolute Gasteiger partial charge is 0.401 e. The van der Waals surface area contributed by atoms with Crippen LogP contribution in [-0.4, -0.2) is 85.8 Å². The molecule has 0 unspecified atom stereocenters. The van der Waals surface area contributed by atoms with Crippen LogP contribution in [0, 0.1) is 0 Å². The molecule has 2 aromatic heterocycles. The third-order valence-electron chi connectivity index (χ3n) is 6.19. The molecule has 1 saturated heterocycles. The SMILES string of the molecule is CC(C)n1ncnc1-c1cc2n(n1)-c1cc(C(=O)N3CCN(CC(F)(F)F)CC3)ccc1OCC2. The van der Waals surface area contributed by atoms with Crippen molar-refractivity contribution >= 4 is 5.91 Å². The Hall–Kier alpha value is -3.41. The van der Waals surface area contributed by atoms with Gasteiger partial charge in [-0.15, -0.1) is 0 Å². The van der Waals surface area contributed by atoms with Crippen molar-refractivity contribution in [3.8, 4) is 23.0 Å². The summed E-state index contributed by atoms with van der Waals surface area (Å²) in [6, 6.07) is 7.24. The lowest BCUT2D eigenvalue weighted by Crippen LogP contribution is -2.50. The molecule has 0 N–H and O–H groups in total. The highest BCUT2D eigenvalue weighted by Crippen LogP contribution is 2.31. The number of carbonyl (C=O) groups excluding carboxylic acids is 1. The Kier molecular flexibility index (Phi) is 5.99. The molecule has 0 radical (unpaired) electrons. The first-order valence-corrected chi connectivity index (χ1v) is 11.5. The third-order valence-corrected chi connectivity index (χ3v) is 6.19. The van der Waals surface area contributed by atoms with Gasteiger partial charge in [0.15, 0.2) is 5.82 Å². The maximum atomic E-state index is 13.2. The van der Waals surface area contributed by atoms with Crippen LogP contribution in [0.1, 0.15) is 35.9 Å². The molecule has 35 heavy (non-hydrogen) atoms. The first-order valence-electron chi connectivity index (χ1n) is 11.5. The average molecular weight is 490 g/mol. The van der Waals surface area contributed by atoms with Crippen LogP contribution < -0.4 is 4.74 Å². The fraction of sp³-hybridized carbons (Fsp3) is 0.478. The molecule has 0 atom stereocenters. The van der Waals surface area contributed by atoms with Gasteiger partial charge >= 0.3 is 6.18 Å². The summed E-state index contributed by atoms with van der Waals surface area (Å²) >= 11 is 0. The van der Waals surface area contributed by atoms with Crippen LogP contribution in [0.15, 0.2) is 30.6 Å². The number of hydrogen-bond donors (Lipinski definition) is 0. The molecular formula is C23H26F3N7O2. The molecule has 2 aliphatic rings. The number of nitrogens with zero attached hydrogens (tertiary/aromatic N) is 7. The van der Waals surface area contributed by atoms with Gasteiger partial charge in [-0.05, 0) is 38.1 Å². The van der Waals surface area contributed by atoms with Crippen molar-refractivity contribution in [1.29, 1.82) is 0 Å². The lowest BCUT2D eigenvalue weighted by molar-refractivity contribution is -0.148. The number of hydrogen-bond acceptors (Lipinski definition) is 6. The number of benzene rings is 1. The number of fused-ring (bicyclic) bond motifs is 3. The standard InChI is InChI=1S/C23H26F3N7O2/c1-15(2)32-21(27-14-28-32)18-12-17-5-10-35-20-4-3-16(11-19(20)33(17)29-18)22(34)31-8-6-30(7-9-31)13-23(24,25)26/h3-4,11-12,14-15H,5-10,13H2,1-2H3. The summed E-state index contributed by atoms with van der Waals surface area (Å²) in [6.45, 7) is 4.38. The Labute approximate surface area is 200 Å². The van der Waals surface area contributed by atoms with Gasteiger partial charge in [0.25, 0.3) is 5.91 Å². The van der Waals surface area contributed by atoms with Gasteiger partial charge in [0.1, 0.15) is 23.5 Å². The van der Waals surface area contributed by atoms with Crippen LogP contribution in [0.25, 0.3) is 17.2 Å². The van der Waals surface area contributed by atoms with Crippen LogP contribution in [0.4, 0.5) is 13.2 Å². The summed E-state index contributed by atoms with van der Waals surface area (Å²) in [6.07, 6.45) is -2.12. The summed E-state index contributed by atoms with van der Waals surface area (Å²) in [7, 11) is 0. The maximum absolute atomic E-state index is 13.2. The lowest BCUT2D eigenvalue weighted by atomic mass is 10.1. The molecule has 0 bridgehead atoms. The number of ether oxygens (including phenoxy) is 1. The van der Waals surface area contributed by atoms with Crippen LogP contribution in [-0.2, 0) is 6.42 Å². The molecule has 4 heterocycles. The quantitative estimate of drug-likeness (QED) is 0.561. The Morgan fingerprint density at radius 1 is 1.14 bits per heavy atom. The van der Waals surface area contributed by atoms with Crippen LogP contribution >= 0.6 is 0 Å². The van der Waals surface area contributed by atoms with Crippen LogP contribution in [0.5, 0.6) is 5.75 Å². The Balaban J connectivity index is 1.40. The summed E-state index contributed by atoms with van der Waals surface area (Å²) < 4.78 is 47.5. The number of carbonyl (C=O) groups is 1.